The quantitative estimate of drug-likeness (QED) is 0.377. The fourth-order valence-electron chi connectivity index (χ4n) is 3.11. The summed E-state index contributed by atoms with van der Waals surface area (Å²) < 4.78 is 26.9. The molecular formula is C22H25BrCl3N3O4S. The number of halogens is 4. The molecule has 1 atom stereocenters. The molecule has 7 nitrogen and oxygen atoms in total. The molecule has 1 unspecified atom stereocenters. The normalized spacial score (nSPS) is 12.2. The van der Waals surface area contributed by atoms with Crippen LogP contribution in [0.5, 0.6) is 0 Å². The van der Waals surface area contributed by atoms with E-state index in [0.717, 1.165) is 27.0 Å². The van der Waals surface area contributed by atoms with Crippen LogP contribution in [0.4, 0.5) is 5.69 Å². The van der Waals surface area contributed by atoms with Crippen LogP contribution in [0.25, 0.3) is 0 Å². The topological polar surface area (TPSA) is 86.8 Å². The number of benzene rings is 2. The molecule has 0 aliphatic carbocycles. The van der Waals surface area contributed by atoms with E-state index in [9.17, 15) is 18.0 Å². The van der Waals surface area contributed by atoms with Gasteiger partial charge in [0, 0.05) is 17.6 Å². The third-order valence-electron chi connectivity index (χ3n) is 4.90. The Labute approximate surface area is 223 Å². The summed E-state index contributed by atoms with van der Waals surface area (Å²) in [6.07, 6.45) is 1.69. The molecule has 2 amide bonds. The highest BCUT2D eigenvalue weighted by Gasteiger charge is 2.31. The largest absolute Gasteiger partial charge is 0.354 e. The minimum Gasteiger partial charge on any atom is -0.354 e. The monoisotopic (exact) mass is 611 g/mol. The van der Waals surface area contributed by atoms with Crippen LogP contribution < -0.4 is 9.62 Å². The first-order chi connectivity index (χ1) is 15.8. The lowest BCUT2D eigenvalue weighted by Crippen LogP contribution is -2.51. The predicted octanol–water partition coefficient (Wildman–Crippen LogP) is 5.12. The minimum atomic E-state index is -3.95. The highest BCUT2D eigenvalue weighted by atomic mass is 79.9. The molecule has 0 aromatic heterocycles. The molecule has 0 saturated heterocycles. The summed E-state index contributed by atoms with van der Waals surface area (Å²) in [4.78, 5) is 27.5. The van der Waals surface area contributed by atoms with Crippen LogP contribution in [-0.2, 0) is 26.2 Å². The molecule has 0 aliphatic rings. The van der Waals surface area contributed by atoms with E-state index in [4.69, 9.17) is 34.8 Å². The second kappa shape index (κ2) is 12.4. The van der Waals surface area contributed by atoms with Crippen molar-refractivity contribution in [1.29, 1.82) is 0 Å². The first-order valence-electron chi connectivity index (χ1n) is 10.3. The number of hydrogen-bond acceptors (Lipinski definition) is 4. The van der Waals surface area contributed by atoms with E-state index in [1.54, 1.807) is 6.92 Å². The van der Waals surface area contributed by atoms with E-state index < -0.39 is 28.5 Å². The molecule has 0 fully saturated rings. The summed E-state index contributed by atoms with van der Waals surface area (Å²) in [6, 6.07) is 9.02. The van der Waals surface area contributed by atoms with E-state index in [1.807, 2.05) is 31.2 Å². The summed E-state index contributed by atoms with van der Waals surface area (Å²) in [7, 11) is -3.95. The molecule has 0 spiro atoms. The summed E-state index contributed by atoms with van der Waals surface area (Å²) in [5, 5.41) is 3.02. The third-order valence-corrected chi connectivity index (χ3v) is 7.54. The Morgan fingerprint density at radius 2 is 1.74 bits per heavy atom. The lowest BCUT2D eigenvalue weighted by molar-refractivity contribution is -0.139. The molecule has 2 rings (SSSR count). The number of amides is 2. The van der Waals surface area contributed by atoms with Crippen molar-refractivity contribution in [2.75, 3.05) is 23.7 Å². The molecule has 0 bridgehead atoms. The van der Waals surface area contributed by atoms with Gasteiger partial charge in [0.25, 0.3) is 0 Å². The van der Waals surface area contributed by atoms with Gasteiger partial charge in [0.2, 0.25) is 21.8 Å². The standard InChI is InChI=1S/C22H25BrCl3N3O4S/c1-4-8-27-22(31)14(2)28(12-15-6-5-7-16(23)9-15)21(30)13-29(34(3,32)33)20-11-18(25)17(24)10-19(20)26/h5-7,9-11,14H,4,8,12-13H2,1-3H3,(H,27,31). The summed E-state index contributed by atoms with van der Waals surface area (Å²) >= 11 is 21.7. The number of nitrogens with one attached hydrogen (secondary N) is 1. The van der Waals surface area contributed by atoms with E-state index in [-0.39, 0.29) is 33.2 Å². The first kappa shape index (κ1) is 28.7. The fraction of sp³-hybridized carbons (Fsp3) is 0.364. The minimum absolute atomic E-state index is 0.0115. The van der Waals surface area contributed by atoms with Crippen molar-refractivity contribution < 1.29 is 18.0 Å². The zero-order chi connectivity index (χ0) is 25.6. The van der Waals surface area contributed by atoms with E-state index in [2.05, 4.69) is 21.2 Å². The summed E-state index contributed by atoms with van der Waals surface area (Å²) in [5.41, 5.74) is 0.772. The van der Waals surface area contributed by atoms with Crippen LogP contribution in [0.3, 0.4) is 0 Å². The lowest BCUT2D eigenvalue weighted by Gasteiger charge is -2.31. The van der Waals surface area contributed by atoms with Crippen LogP contribution in [0.2, 0.25) is 15.1 Å². The molecule has 2 aromatic carbocycles. The molecule has 0 saturated carbocycles. The fourth-order valence-corrected chi connectivity index (χ4v) is 5.10. The van der Waals surface area contributed by atoms with Gasteiger partial charge in [0.15, 0.2) is 0 Å². The van der Waals surface area contributed by atoms with Crippen LogP contribution >= 0.6 is 50.7 Å². The average molecular weight is 614 g/mol. The van der Waals surface area contributed by atoms with Gasteiger partial charge in [-0.25, -0.2) is 8.42 Å². The van der Waals surface area contributed by atoms with Gasteiger partial charge in [-0.2, -0.15) is 0 Å². The molecule has 0 aliphatic heterocycles. The lowest BCUT2D eigenvalue weighted by atomic mass is 10.1. The summed E-state index contributed by atoms with van der Waals surface area (Å²) in [5.74, 6) is -0.935. The van der Waals surface area contributed by atoms with Crippen molar-refractivity contribution in [3.8, 4) is 0 Å². The van der Waals surface area contributed by atoms with Crippen LogP contribution in [-0.4, -0.2) is 50.5 Å². The Balaban J connectivity index is 2.44. The van der Waals surface area contributed by atoms with Crippen molar-refractivity contribution >= 4 is 78.3 Å². The first-order valence-corrected chi connectivity index (χ1v) is 14.1. The zero-order valence-electron chi connectivity index (χ0n) is 18.8. The van der Waals surface area contributed by atoms with Gasteiger partial charge in [-0.1, -0.05) is 69.8 Å². The van der Waals surface area contributed by atoms with Crippen LogP contribution in [0.1, 0.15) is 25.8 Å². The molecule has 186 valence electrons. The molecule has 1 N–H and O–H groups in total. The predicted molar refractivity (Wildman–Crippen MR) is 141 cm³/mol. The van der Waals surface area contributed by atoms with Gasteiger partial charge >= 0.3 is 0 Å². The van der Waals surface area contributed by atoms with Crippen molar-refractivity contribution in [3.05, 3.63) is 61.5 Å². The number of carbonyl (C=O) groups is 2. The maximum atomic E-state index is 13.5. The van der Waals surface area contributed by atoms with Crippen molar-refractivity contribution in [2.45, 2.75) is 32.9 Å². The van der Waals surface area contributed by atoms with Gasteiger partial charge < -0.3 is 10.2 Å². The Morgan fingerprint density at radius 3 is 2.32 bits per heavy atom. The smallest absolute Gasteiger partial charge is 0.244 e. The molecule has 0 radical (unpaired) electrons. The van der Waals surface area contributed by atoms with E-state index >= 15 is 0 Å². The maximum Gasteiger partial charge on any atom is 0.244 e. The Kier molecular flexibility index (Phi) is 10.5. The molecule has 12 heteroatoms. The number of nitrogens with zero attached hydrogens (tertiary/aromatic N) is 2. The third kappa shape index (κ3) is 7.75. The second-order valence-electron chi connectivity index (χ2n) is 7.61. The average Bonchev–Trinajstić information content (AvgIpc) is 2.75. The summed E-state index contributed by atoms with van der Waals surface area (Å²) in [6.45, 7) is 3.47. The Morgan fingerprint density at radius 1 is 1.09 bits per heavy atom. The highest BCUT2D eigenvalue weighted by molar-refractivity contribution is 9.10. The Hall–Kier alpha value is -1.52. The van der Waals surface area contributed by atoms with Crippen molar-refractivity contribution in [1.82, 2.24) is 10.2 Å². The SMILES string of the molecule is CCCNC(=O)C(C)N(Cc1cccc(Br)c1)C(=O)CN(c1cc(Cl)c(Cl)cc1Cl)S(C)(=O)=O. The van der Waals surface area contributed by atoms with Gasteiger partial charge in [-0.15, -0.1) is 0 Å². The number of hydrogen-bond donors (Lipinski definition) is 1. The molecule has 2 aromatic rings. The van der Waals surface area contributed by atoms with Crippen LogP contribution in [0.15, 0.2) is 40.9 Å². The van der Waals surface area contributed by atoms with E-state index in [0.29, 0.717) is 6.54 Å². The van der Waals surface area contributed by atoms with Gasteiger partial charge in [0.1, 0.15) is 12.6 Å². The molecular weight excluding hydrogens is 589 g/mol. The Bertz CT molecular complexity index is 1160. The number of anilines is 1. The number of sulfonamides is 1. The van der Waals surface area contributed by atoms with Crippen molar-refractivity contribution in [3.63, 3.8) is 0 Å². The maximum absolute atomic E-state index is 13.5. The van der Waals surface area contributed by atoms with Crippen molar-refractivity contribution in [2.24, 2.45) is 0 Å². The van der Waals surface area contributed by atoms with Gasteiger partial charge in [0.05, 0.1) is 27.0 Å². The number of carbonyl (C=O) groups excluding carboxylic acids is 2. The van der Waals surface area contributed by atoms with E-state index in [1.165, 1.54) is 17.0 Å². The van der Waals surface area contributed by atoms with Gasteiger partial charge in [-0.05, 0) is 43.2 Å². The molecule has 34 heavy (non-hydrogen) atoms. The zero-order valence-corrected chi connectivity index (χ0v) is 23.5. The highest BCUT2D eigenvalue weighted by Crippen LogP contribution is 2.35. The second-order valence-corrected chi connectivity index (χ2v) is 11.7. The number of rotatable bonds is 10. The van der Waals surface area contributed by atoms with Crippen LogP contribution in [0, 0.1) is 0 Å². The molecule has 0 heterocycles. The van der Waals surface area contributed by atoms with Gasteiger partial charge in [-0.3, -0.25) is 13.9 Å².